The summed E-state index contributed by atoms with van der Waals surface area (Å²) in [6.45, 7) is -1.69. The van der Waals surface area contributed by atoms with E-state index < -0.39 is 24.6 Å². The molecule has 1 amide bonds. The highest BCUT2D eigenvalue weighted by molar-refractivity contribution is 5.95. The summed E-state index contributed by atoms with van der Waals surface area (Å²) in [5, 5.41) is 19.0. The summed E-state index contributed by atoms with van der Waals surface area (Å²) in [5.74, 6) is -0.595. The summed E-state index contributed by atoms with van der Waals surface area (Å²) in [6.07, 6.45) is 0.455. The van der Waals surface area contributed by atoms with E-state index in [1.807, 2.05) is 0 Å². The van der Waals surface area contributed by atoms with Gasteiger partial charge in [0.2, 0.25) is 0 Å². The summed E-state index contributed by atoms with van der Waals surface area (Å²) < 4.78 is 62.5. The van der Waals surface area contributed by atoms with Crippen molar-refractivity contribution in [2.45, 2.75) is 44.0 Å². The summed E-state index contributed by atoms with van der Waals surface area (Å²) in [4.78, 5) is 15.9. The molecule has 0 bridgehead atoms. The largest absolute Gasteiger partial charge is 0.487 e. The number of anilines is 1. The number of amides is 1. The Morgan fingerprint density at radius 2 is 1.92 bits per heavy atom. The van der Waals surface area contributed by atoms with Crippen LogP contribution in [0, 0.1) is 5.82 Å². The Bertz CT molecular complexity index is 1460. The fourth-order valence-corrected chi connectivity index (χ4v) is 4.76. The molecule has 1 N–H and O–H groups in total. The Morgan fingerprint density at radius 3 is 2.55 bits per heavy atom. The van der Waals surface area contributed by atoms with Crippen LogP contribution in [-0.2, 0) is 7.05 Å². The SMILES string of the molecule is Cn1cc(-c2nn(C3CCC(Oc4ccccc4F)CC3)c3cc(N(CC(F)(F)F)C(=O)O)ncc23)cn1. The Labute approximate surface area is 214 Å². The lowest BCUT2D eigenvalue weighted by Crippen LogP contribution is -2.38. The molecule has 0 unspecified atom stereocenters. The number of halogens is 4. The van der Waals surface area contributed by atoms with Crippen molar-refractivity contribution in [2.75, 3.05) is 11.4 Å². The number of para-hydroxylation sites is 1. The first kappa shape index (κ1) is 25.5. The molecule has 200 valence electrons. The highest BCUT2D eigenvalue weighted by atomic mass is 19.4. The lowest BCUT2D eigenvalue weighted by molar-refractivity contribution is -0.119. The van der Waals surface area contributed by atoms with Gasteiger partial charge in [-0.15, -0.1) is 0 Å². The van der Waals surface area contributed by atoms with E-state index in [0.29, 0.717) is 47.8 Å². The van der Waals surface area contributed by atoms with Crippen LogP contribution >= 0.6 is 0 Å². The highest BCUT2D eigenvalue weighted by Gasteiger charge is 2.35. The van der Waals surface area contributed by atoms with Crippen LogP contribution in [0.15, 0.2) is 48.9 Å². The summed E-state index contributed by atoms with van der Waals surface area (Å²) in [7, 11) is 1.75. The fraction of sp³-hybridized carbons (Fsp3) is 0.360. The third kappa shape index (κ3) is 5.27. The highest BCUT2D eigenvalue weighted by Crippen LogP contribution is 2.37. The molecule has 0 aliphatic heterocycles. The van der Waals surface area contributed by atoms with Crippen LogP contribution in [-0.4, -0.2) is 54.6 Å². The smallest absolute Gasteiger partial charge is 0.413 e. The minimum atomic E-state index is -4.74. The first-order valence-corrected chi connectivity index (χ1v) is 11.9. The maximum atomic E-state index is 14.0. The number of aromatic nitrogens is 5. The van der Waals surface area contributed by atoms with Crippen LogP contribution in [0.3, 0.4) is 0 Å². The fourth-order valence-electron chi connectivity index (χ4n) is 4.76. The lowest BCUT2D eigenvalue weighted by atomic mass is 9.93. The Kier molecular flexibility index (Phi) is 6.67. The van der Waals surface area contributed by atoms with Gasteiger partial charge in [0, 0.05) is 36.5 Å². The van der Waals surface area contributed by atoms with Crippen molar-refractivity contribution in [3.8, 4) is 17.0 Å². The third-order valence-corrected chi connectivity index (χ3v) is 6.52. The molecule has 0 saturated heterocycles. The number of aryl methyl sites for hydroxylation is 1. The second kappa shape index (κ2) is 9.95. The predicted molar refractivity (Wildman–Crippen MR) is 129 cm³/mol. The van der Waals surface area contributed by atoms with Crippen molar-refractivity contribution in [1.29, 1.82) is 0 Å². The minimum absolute atomic E-state index is 0.139. The summed E-state index contributed by atoms with van der Waals surface area (Å²) in [5.41, 5.74) is 1.68. The second-order valence-corrected chi connectivity index (χ2v) is 9.22. The molecule has 38 heavy (non-hydrogen) atoms. The van der Waals surface area contributed by atoms with E-state index in [9.17, 15) is 27.5 Å². The molecule has 1 aromatic carbocycles. The molecule has 3 heterocycles. The number of nitrogens with zero attached hydrogens (tertiary/aromatic N) is 6. The predicted octanol–water partition coefficient (Wildman–Crippen LogP) is 5.58. The van der Waals surface area contributed by atoms with Crippen molar-refractivity contribution >= 4 is 22.8 Å². The maximum Gasteiger partial charge on any atom is 0.413 e. The van der Waals surface area contributed by atoms with Gasteiger partial charge in [0.15, 0.2) is 11.6 Å². The molecule has 0 atom stereocenters. The number of benzene rings is 1. The zero-order valence-corrected chi connectivity index (χ0v) is 20.3. The van der Waals surface area contributed by atoms with Crippen LogP contribution in [0.25, 0.3) is 22.2 Å². The number of hydrogen-bond acceptors (Lipinski definition) is 5. The van der Waals surface area contributed by atoms with E-state index in [-0.39, 0.29) is 28.6 Å². The standard InChI is InChI=1S/C25H24F4N6O3/c1-33-13-15(11-31-33)23-18-12-30-22(34(24(36)37)14-25(27,28)29)10-20(18)35(32-23)16-6-8-17(9-7-16)38-21-5-3-2-4-19(21)26/h2-5,10-13,16-17H,6-9,14H2,1H3,(H,36,37). The first-order valence-electron chi connectivity index (χ1n) is 11.9. The van der Waals surface area contributed by atoms with Crippen molar-refractivity contribution in [3.05, 3.63) is 54.7 Å². The van der Waals surface area contributed by atoms with E-state index in [1.165, 1.54) is 18.3 Å². The first-order chi connectivity index (χ1) is 18.1. The summed E-state index contributed by atoms with van der Waals surface area (Å²) in [6, 6.07) is 7.38. The van der Waals surface area contributed by atoms with Crippen molar-refractivity contribution < 1.29 is 32.2 Å². The van der Waals surface area contributed by atoms with E-state index >= 15 is 0 Å². The molecule has 13 heteroatoms. The molecule has 5 rings (SSSR count). The van der Waals surface area contributed by atoms with Gasteiger partial charge in [0.1, 0.15) is 18.1 Å². The average molecular weight is 532 g/mol. The molecule has 4 aromatic rings. The summed E-state index contributed by atoms with van der Waals surface area (Å²) >= 11 is 0. The van der Waals surface area contributed by atoms with E-state index in [2.05, 4.69) is 10.1 Å². The van der Waals surface area contributed by atoms with Gasteiger partial charge in [-0.2, -0.15) is 23.4 Å². The van der Waals surface area contributed by atoms with Crippen molar-refractivity contribution in [2.24, 2.45) is 7.05 Å². The average Bonchev–Trinajstić information content (AvgIpc) is 3.47. The number of ether oxygens (including phenoxy) is 1. The van der Waals surface area contributed by atoms with Gasteiger partial charge in [0.25, 0.3) is 0 Å². The molecule has 1 saturated carbocycles. The number of rotatable bonds is 6. The number of carbonyl (C=O) groups is 1. The normalized spacial score (nSPS) is 18.0. The van der Waals surface area contributed by atoms with Crippen molar-refractivity contribution in [3.63, 3.8) is 0 Å². The molecule has 3 aromatic heterocycles. The van der Waals surface area contributed by atoms with E-state index in [1.54, 1.807) is 47.0 Å². The third-order valence-electron chi connectivity index (χ3n) is 6.52. The molecule has 1 aliphatic carbocycles. The second-order valence-electron chi connectivity index (χ2n) is 9.22. The van der Waals surface area contributed by atoms with Crippen LogP contribution in [0.4, 0.5) is 28.2 Å². The number of hydrogen-bond donors (Lipinski definition) is 1. The Hall–Kier alpha value is -4.16. The zero-order chi connectivity index (χ0) is 27.0. The molecule has 0 radical (unpaired) electrons. The van der Waals surface area contributed by atoms with Gasteiger partial charge in [-0.05, 0) is 37.8 Å². The van der Waals surface area contributed by atoms with Gasteiger partial charge in [0.05, 0.1) is 23.9 Å². The van der Waals surface area contributed by atoms with Gasteiger partial charge < -0.3 is 9.84 Å². The van der Waals surface area contributed by atoms with Crippen LogP contribution in [0.2, 0.25) is 0 Å². The number of carboxylic acid groups (broad SMARTS) is 1. The Morgan fingerprint density at radius 1 is 1.18 bits per heavy atom. The van der Waals surface area contributed by atoms with Crippen LogP contribution in [0.5, 0.6) is 5.75 Å². The maximum absolute atomic E-state index is 14.0. The van der Waals surface area contributed by atoms with Crippen molar-refractivity contribution in [1.82, 2.24) is 24.5 Å². The molecule has 1 fully saturated rings. The molecular formula is C25H24F4N6O3. The van der Waals surface area contributed by atoms with E-state index in [0.717, 1.165) is 0 Å². The number of alkyl halides is 3. The lowest BCUT2D eigenvalue weighted by Gasteiger charge is -2.29. The van der Waals surface area contributed by atoms with Gasteiger partial charge in [-0.3, -0.25) is 14.3 Å². The number of fused-ring (bicyclic) bond motifs is 1. The minimum Gasteiger partial charge on any atom is -0.487 e. The molecule has 0 spiro atoms. The molecule has 1 aliphatic rings. The molecular weight excluding hydrogens is 508 g/mol. The van der Waals surface area contributed by atoms with Gasteiger partial charge in [-0.25, -0.2) is 14.2 Å². The van der Waals surface area contributed by atoms with Crippen LogP contribution < -0.4 is 9.64 Å². The molecule has 9 nitrogen and oxygen atoms in total. The number of pyridine rings is 1. The van der Waals surface area contributed by atoms with Crippen LogP contribution in [0.1, 0.15) is 31.7 Å². The monoisotopic (exact) mass is 532 g/mol. The van der Waals surface area contributed by atoms with Gasteiger partial charge in [-0.1, -0.05) is 12.1 Å². The zero-order valence-electron chi connectivity index (χ0n) is 20.3. The Balaban J connectivity index is 1.48. The van der Waals surface area contributed by atoms with E-state index in [4.69, 9.17) is 9.84 Å². The topological polar surface area (TPSA) is 98.3 Å². The quantitative estimate of drug-likeness (QED) is 0.326. The van der Waals surface area contributed by atoms with Gasteiger partial charge >= 0.3 is 12.3 Å².